The van der Waals surface area contributed by atoms with Gasteiger partial charge >= 0.3 is 4.87 Å². The van der Waals surface area contributed by atoms with E-state index in [9.17, 15) is 18.8 Å². The number of fused-ring (bicyclic) bond motifs is 9. The first-order valence-corrected chi connectivity index (χ1v) is 16.8. The van der Waals surface area contributed by atoms with E-state index in [1.54, 1.807) is 11.8 Å². The fourth-order valence-electron chi connectivity index (χ4n) is 8.07. The molecule has 2 amide bonds. The fraction of sp³-hybridized carbons (Fsp3) is 0.303. The second-order valence-corrected chi connectivity index (χ2v) is 15.0. The maximum Gasteiger partial charge on any atom is 0.305 e. The number of halogens is 2. The zero-order valence-electron chi connectivity index (χ0n) is 23.0. The number of ether oxygens (including phenoxy) is 1. The van der Waals surface area contributed by atoms with Crippen molar-refractivity contribution in [2.75, 3.05) is 4.90 Å². The lowest BCUT2D eigenvalue weighted by molar-refractivity contribution is -0.123. The highest BCUT2D eigenvalue weighted by Gasteiger charge is 2.69. The van der Waals surface area contributed by atoms with E-state index in [4.69, 9.17) is 4.74 Å². The number of benzene rings is 3. The average molecular weight is 678 g/mol. The van der Waals surface area contributed by atoms with Gasteiger partial charge in [-0.05, 0) is 79.1 Å². The van der Waals surface area contributed by atoms with Crippen LogP contribution >= 0.6 is 39.0 Å². The molecular formula is C33H26BrFN2O4S2. The number of rotatable bonds is 5. The number of hydrogen-bond donors (Lipinski definition) is 1. The van der Waals surface area contributed by atoms with Crippen molar-refractivity contribution in [3.8, 4) is 5.75 Å². The highest BCUT2D eigenvalue weighted by atomic mass is 79.9. The van der Waals surface area contributed by atoms with E-state index in [1.807, 2.05) is 24.3 Å². The van der Waals surface area contributed by atoms with Gasteiger partial charge in [-0.1, -0.05) is 57.1 Å². The Balaban J connectivity index is 1.20. The van der Waals surface area contributed by atoms with Gasteiger partial charge in [0.1, 0.15) is 18.2 Å². The summed E-state index contributed by atoms with van der Waals surface area (Å²) in [6, 6.07) is 19.8. The molecule has 7 atom stereocenters. The molecule has 1 saturated heterocycles. The van der Waals surface area contributed by atoms with Gasteiger partial charge in [-0.25, -0.2) is 4.39 Å². The molecule has 4 aliphatic rings. The smallest absolute Gasteiger partial charge is 0.305 e. The highest BCUT2D eigenvalue weighted by Crippen LogP contribution is 2.69. The van der Waals surface area contributed by atoms with Crippen LogP contribution in [0.5, 0.6) is 5.75 Å². The number of aromatic amines is 1. The van der Waals surface area contributed by atoms with E-state index >= 15 is 0 Å². The molecule has 2 aliphatic heterocycles. The Labute approximate surface area is 263 Å². The molecule has 1 aromatic heterocycles. The molecule has 3 heterocycles. The summed E-state index contributed by atoms with van der Waals surface area (Å²) >= 11 is 6.55. The molecule has 1 N–H and O–H groups in total. The van der Waals surface area contributed by atoms with Gasteiger partial charge in [0.15, 0.2) is 0 Å². The van der Waals surface area contributed by atoms with Crippen molar-refractivity contribution in [2.24, 2.45) is 29.6 Å². The third kappa shape index (κ3) is 4.28. The number of nitrogens with zero attached hydrogens (tertiary/aromatic N) is 1. The summed E-state index contributed by atoms with van der Waals surface area (Å²) in [5.41, 5.74) is 3.62. The summed E-state index contributed by atoms with van der Waals surface area (Å²) in [5.74, 6) is -1.09. The van der Waals surface area contributed by atoms with Gasteiger partial charge in [0.25, 0.3) is 0 Å². The first-order valence-electron chi connectivity index (χ1n) is 14.3. The lowest BCUT2D eigenvalue weighted by atomic mass is 9.68. The minimum Gasteiger partial charge on any atom is -0.489 e. The van der Waals surface area contributed by atoms with Crippen molar-refractivity contribution in [3.63, 3.8) is 0 Å². The number of anilines is 1. The number of H-pyrrole nitrogens is 1. The third-order valence-electron chi connectivity index (χ3n) is 9.59. The van der Waals surface area contributed by atoms with Crippen molar-refractivity contribution in [2.45, 2.75) is 36.1 Å². The predicted molar refractivity (Wildman–Crippen MR) is 167 cm³/mol. The third-order valence-corrected chi connectivity index (χ3v) is 12.7. The Hall–Kier alpha value is -3.21. The molecule has 6 nitrogen and oxygen atoms in total. The van der Waals surface area contributed by atoms with Crippen molar-refractivity contribution in [3.05, 3.63) is 108 Å². The molecule has 2 bridgehead atoms. The number of carbonyl (C=O) groups excluding carboxylic acids is 2. The number of amides is 2. The molecule has 8 rings (SSSR count). The van der Waals surface area contributed by atoms with Crippen molar-refractivity contribution >= 4 is 56.5 Å². The molecule has 43 heavy (non-hydrogen) atoms. The number of nitrogens with one attached hydrogen (secondary N) is 1. The average Bonchev–Trinajstić information content (AvgIpc) is 3.72. The van der Waals surface area contributed by atoms with Gasteiger partial charge in [0.05, 0.1) is 22.5 Å². The van der Waals surface area contributed by atoms with E-state index in [2.05, 4.69) is 46.0 Å². The standard InChI is InChI=1S/C33H26BrFN2O4S2/c1-15-3-2-4-16(11-15)14-41-23-10-5-17(34)12-20(23)24-25-21-13-22(28(25)42-30-29(24)43-33(40)36-30)27-26(21)31(38)37(32(27)39)19-8-6-18(35)7-9-19/h2-12,21-22,24-28H,13-14H2,1H3,(H,36,40)/t21-,22-,24?,25?,26?,27?,28?/m1/s1. The van der Waals surface area contributed by atoms with Crippen molar-refractivity contribution in [1.29, 1.82) is 0 Å². The number of imide groups is 1. The number of hydrogen-bond acceptors (Lipinski definition) is 6. The Bertz CT molecular complexity index is 1860. The number of thiazole rings is 1. The Morgan fingerprint density at radius 1 is 1.00 bits per heavy atom. The van der Waals surface area contributed by atoms with Crippen LogP contribution in [0, 0.1) is 42.3 Å². The zero-order chi connectivity index (χ0) is 29.6. The van der Waals surface area contributed by atoms with E-state index in [0.717, 1.165) is 43.2 Å². The van der Waals surface area contributed by atoms with Gasteiger partial charge < -0.3 is 9.72 Å². The van der Waals surface area contributed by atoms with Gasteiger partial charge in [0.2, 0.25) is 11.8 Å². The van der Waals surface area contributed by atoms with Crippen molar-refractivity contribution < 1.29 is 18.7 Å². The molecule has 3 fully saturated rings. The summed E-state index contributed by atoms with van der Waals surface area (Å²) in [7, 11) is 0. The normalized spacial score (nSPS) is 28.6. The number of carbonyl (C=O) groups is 2. The maximum atomic E-state index is 14.0. The first kappa shape index (κ1) is 27.3. The van der Waals surface area contributed by atoms with Gasteiger partial charge in [0, 0.05) is 26.1 Å². The van der Waals surface area contributed by atoms with Crippen LogP contribution in [0.3, 0.4) is 0 Å². The molecule has 2 saturated carbocycles. The molecule has 0 radical (unpaired) electrons. The van der Waals surface area contributed by atoms with Gasteiger partial charge in [-0.2, -0.15) is 0 Å². The lowest BCUT2D eigenvalue weighted by Gasteiger charge is -2.43. The summed E-state index contributed by atoms with van der Waals surface area (Å²) in [6.07, 6.45) is 0.787. The summed E-state index contributed by atoms with van der Waals surface area (Å²) in [6.45, 7) is 2.46. The van der Waals surface area contributed by atoms with Gasteiger partial charge in [-0.15, -0.1) is 11.8 Å². The van der Waals surface area contributed by atoms with Crippen LogP contribution in [0.2, 0.25) is 0 Å². The van der Waals surface area contributed by atoms with Gasteiger partial charge in [-0.3, -0.25) is 19.3 Å². The molecule has 10 heteroatoms. The topological polar surface area (TPSA) is 79.5 Å². The van der Waals surface area contributed by atoms with Crippen LogP contribution in [0.4, 0.5) is 10.1 Å². The number of thioether (sulfide) groups is 1. The van der Waals surface area contributed by atoms with Crippen LogP contribution in [0.25, 0.3) is 0 Å². The first-order chi connectivity index (χ1) is 20.8. The van der Waals surface area contributed by atoms with Crippen LogP contribution in [-0.4, -0.2) is 22.0 Å². The number of aromatic nitrogens is 1. The molecule has 0 spiro atoms. The van der Waals surface area contributed by atoms with E-state index in [0.29, 0.717) is 12.3 Å². The second kappa shape index (κ2) is 10.2. The molecular weight excluding hydrogens is 651 g/mol. The van der Waals surface area contributed by atoms with Crippen LogP contribution in [-0.2, 0) is 16.2 Å². The van der Waals surface area contributed by atoms with Crippen molar-refractivity contribution in [1.82, 2.24) is 4.98 Å². The number of aryl methyl sites for hydroxylation is 1. The minimum atomic E-state index is -0.437. The van der Waals surface area contributed by atoms with Crippen LogP contribution in [0.1, 0.15) is 33.9 Å². The SMILES string of the molecule is Cc1cccc(COc2ccc(Br)cc2C2c3sc(=O)[nH]c3SC3C2[C@H]2C[C@@H]3C3C(=O)N(c4ccc(F)cc4)C(=O)C32)c1. The van der Waals surface area contributed by atoms with E-state index in [1.165, 1.54) is 40.5 Å². The predicted octanol–water partition coefficient (Wildman–Crippen LogP) is 6.90. The lowest BCUT2D eigenvalue weighted by Crippen LogP contribution is -2.42. The van der Waals surface area contributed by atoms with Crippen LogP contribution < -0.4 is 14.5 Å². The summed E-state index contributed by atoms with van der Waals surface area (Å²) < 4.78 is 21.0. The fourth-order valence-corrected chi connectivity index (χ4v) is 11.3. The zero-order valence-corrected chi connectivity index (χ0v) is 26.2. The molecule has 4 aromatic rings. The van der Waals surface area contributed by atoms with E-state index in [-0.39, 0.29) is 45.6 Å². The molecule has 5 unspecified atom stereocenters. The van der Waals surface area contributed by atoms with E-state index < -0.39 is 17.7 Å². The summed E-state index contributed by atoms with van der Waals surface area (Å²) in [4.78, 5) is 45.7. The second-order valence-electron chi connectivity index (χ2n) is 11.9. The Morgan fingerprint density at radius 2 is 1.77 bits per heavy atom. The minimum absolute atomic E-state index is 0.00485. The highest BCUT2D eigenvalue weighted by molar-refractivity contribution is 9.10. The molecule has 3 aromatic carbocycles. The Morgan fingerprint density at radius 3 is 2.53 bits per heavy atom. The van der Waals surface area contributed by atoms with Crippen LogP contribution in [0.15, 0.2) is 81.0 Å². The largest absolute Gasteiger partial charge is 0.489 e. The maximum absolute atomic E-state index is 14.0. The summed E-state index contributed by atoms with van der Waals surface area (Å²) in [5, 5.41) is 0.907. The quantitative estimate of drug-likeness (QED) is 0.233. The molecule has 2 aliphatic carbocycles. The molecule has 218 valence electrons. The monoisotopic (exact) mass is 676 g/mol. The Kier molecular flexibility index (Phi) is 6.47.